The number of piperidine rings is 1. The van der Waals surface area contributed by atoms with E-state index < -0.39 is 19.4 Å². The summed E-state index contributed by atoms with van der Waals surface area (Å²) in [6, 6.07) is 6.60. The van der Waals surface area contributed by atoms with Crippen molar-refractivity contribution < 1.29 is 13.6 Å². The molecule has 8 nitrogen and oxygen atoms in total. The van der Waals surface area contributed by atoms with Crippen LogP contribution in [0.5, 0.6) is 0 Å². The van der Waals surface area contributed by atoms with Crippen LogP contribution in [0.4, 0.5) is 19.4 Å². The molecule has 2 amide bonds. The van der Waals surface area contributed by atoms with Gasteiger partial charge in [0, 0.05) is 43.3 Å². The number of hydrogen-bond donors (Lipinski definition) is 2. The highest BCUT2D eigenvalue weighted by atomic mass is 19.1. The Balaban J connectivity index is 1.39. The Labute approximate surface area is 178 Å². The van der Waals surface area contributed by atoms with Crippen LogP contribution in [0.1, 0.15) is 12.8 Å². The number of likely N-dealkylation sites (tertiary alicyclic amines) is 1. The average molecular weight is 429 g/mol. The Hall–Kier alpha value is -3.14. The van der Waals surface area contributed by atoms with Gasteiger partial charge in [-0.15, -0.1) is 10.2 Å². The minimum Gasteiger partial charge on any atom is -0.324 e. The lowest BCUT2D eigenvalue weighted by atomic mass is 10.0. The van der Waals surface area contributed by atoms with Crippen molar-refractivity contribution in [2.45, 2.75) is 24.9 Å². The second kappa shape index (κ2) is 9.34. The Morgan fingerprint density at radius 3 is 2.61 bits per heavy atom. The molecule has 0 saturated carbocycles. The van der Waals surface area contributed by atoms with Gasteiger partial charge in [-0.05, 0) is 36.6 Å². The molecule has 4 rings (SSSR count). The maximum atomic E-state index is 12.7. The van der Waals surface area contributed by atoms with Crippen LogP contribution in [-0.2, 0) is 7.05 Å². The van der Waals surface area contributed by atoms with Crippen molar-refractivity contribution in [3.05, 3.63) is 36.7 Å². The van der Waals surface area contributed by atoms with Gasteiger partial charge in [-0.25, -0.2) is 13.6 Å². The van der Waals surface area contributed by atoms with E-state index in [0.29, 0.717) is 31.7 Å². The van der Waals surface area contributed by atoms with Gasteiger partial charge in [0.25, 0.3) is 0 Å². The van der Waals surface area contributed by atoms with Crippen LogP contribution in [0, 0.1) is 0 Å². The maximum absolute atomic E-state index is 12.7. The van der Waals surface area contributed by atoms with E-state index in [-0.39, 0.29) is 12.1 Å². The molecular formula is C21H25F2N7O. The highest BCUT2D eigenvalue weighted by Crippen LogP contribution is 2.24. The number of anilines is 1. The number of carbonyl (C=O) groups excluding carboxylic acids is 1. The number of nitrogens with zero attached hydrogens (tertiary/aromatic N) is 5. The smallest absolute Gasteiger partial charge is 0.323 e. The Kier molecular flexibility index (Phi) is 6.36. The number of aryl methyl sites for hydroxylation is 1. The molecule has 1 fully saturated rings. The normalized spacial score (nSPS) is 15.0. The molecule has 1 aliphatic heterocycles. The van der Waals surface area contributed by atoms with E-state index in [2.05, 4.69) is 25.9 Å². The van der Waals surface area contributed by atoms with Crippen LogP contribution in [0.15, 0.2) is 36.7 Å². The minimum atomic E-state index is -0.769. The Morgan fingerprint density at radius 1 is 1.16 bits per heavy atom. The van der Waals surface area contributed by atoms with E-state index in [1.165, 1.54) is 0 Å². The van der Waals surface area contributed by atoms with Gasteiger partial charge in [0.15, 0.2) is 5.82 Å². The lowest BCUT2D eigenvalue weighted by Crippen LogP contribution is -2.49. The predicted molar refractivity (Wildman–Crippen MR) is 114 cm³/mol. The van der Waals surface area contributed by atoms with Crippen LogP contribution in [0.2, 0.25) is 0 Å². The van der Waals surface area contributed by atoms with Crippen LogP contribution in [0.25, 0.3) is 22.0 Å². The fourth-order valence-electron chi connectivity index (χ4n) is 3.76. The lowest BCUT2D eigenvalue weighted by molar-refractivity contribution is 0.179. The van der Waals surface area contributed by atoms with Crippen LogP contribution in [0.3, 0.4) is 0 Å². The van der Waals surface area contributed by atoms with Crippen LogP contribution < -0.4 is 10.6 Å². The van der Waals surface area contributed by atoms with E-state index >= 15 is 0 Å². The number of hydrogen-bond acceptors (Lipinski definition) is 5. The molecule has 1 aromatic carbocycles. The van der Waals surface area contributed by atoms with Crippen molar-refractivity contribution in [1.82, 2.24) is 30.2 Å². The largest absolute Gasteiger partial charge is 0.324 e. The van der Waals surface area contributed by atoms with Crippen molar-refractivity contribution in [3.8, 4) is 11.1 Å². The minimum absolute atomic E-state index is 0.00640. The van der Waals surface area contributed by atoms with Crippen molar-refractivity contribution in [1.29, 1.82) is 0 Å². The Morgan fingerprint density at radius 2 is 1.94 bits per heavy atom. The fourth-order valence-corrected chi connectivity index (χ4v) is 3.76. The summed E-state index contributed by atoms with van der Waals surface area (Å²) in [5.74, 6) is 0.371. The predicted octanol–water partition coefficient (Wildman–Crippen LogP) is 2.92. The number of fused-ring (bicyclic) bond motifs is 1. The van der Waals surface area contributed by atoms with E-state index in [0.717, 1.165) is 22.0 Å². The summed E-state index contributed by atoms with van der Waals surface area (Å²) >= 11 is 0. The first kappa shape index (κ1) is 21.1. The lowest BCUT2D eigenvalue weighted by Gasteiger charge is -2.33. The summed E-state index contributed by atoms with van der Waals surface area (Å²) in [4.78, 5) is 14.3. The highest BCUT2D eigenvalue weighted by Gasteiger charge is 2.25. The second-order valence-corrected chi connectivity index (χ2v) is 7.77. The number of halogens is 2. The fraction of sp³-hybridized carbons (Fsp3) is 0.429. The van der Waals surface area contributed by atoms with Gasteiger partial charge in [-0.1, -0.05) is 6.07 Å². The molecule has 2 N–H and O–H groups in total. The number of amides is 2. The van der Waals surface area contributed by atoms with Crippen LogP contribution in [-0.4, -0.2) is 69.4 Å². The van der Waals surface area contributed by atoms with Gasteiger partial charge in [-0.3, -0.25) is 10.00 Å². The third-order valence-corrected chi connectivity index (χ3v) is 5.48. The van der Waals surface area contributed by atoms with E-state index in [4.69, 9.17) is 0 Å². The molecule has 2 aromatic heterocycles. The summed E-state index contributed by atoms with van der Waals surface area (Å²) in [5.41, 5.74) is 2.72. The van der Waals surface area contributed by atoms with Gasteiger partial charge in [0.05, 0.1) is 17.8 Å². The Bertz CT molecular complexity index is 1050. The highest BCUT2D eigenvalue weighted by molar-refractivity contribution is 5.91. The molecule has 1 aliphatic rings. The molecular weight excluding hydrogens is 404 g/mol. The summed E-state index contributed by atoms with van der Waals surface area (Å²) in [5, 5.41) is 19.1. The molecule has 0 bridgehead atoms. The third kappa shape index (κ3) is 4.96. The molecule has 164 valence electrons. The molecule has 0 unspecified atom stereocenters. The zero-order chi connectivity index (χ0) is 21.8. The van der Waals surface area contributed by atoms with Gasteiger partial charge in [-0.2, -0.15) is 5.10 Å². The number of rotatable bonds is 6. The molecule has 1 saturated heterocycles. The van der Waals surface area contributed by atoms with E-state index in [1.54, 1.807) is 21.8 Å². The van der Waals surface area contributed by atoms with Crippen molar-refractivity contribution in [3.63, 3.8) is 0 Å². The molecule has 0 atom stereocenters. The summed E-state index contributed by atoms with van der Waals surface area (Å²) in [7, 11) is 1.86. The number of urea groups is 1. The molecule has 3 heterocycles. The molecule has 0 aliphatic carbocycles. The van der Waals surface area contributed by atoms with Gasteiger partial charge >= 0.3 is 6.03 Å². The second-order valence-electron chi connectivity index (χ2n) is 7.77. The van der Waals surface area contributed by atoms with E-state index in [1.807, 2.05) is 31.4 Å². The topological polar surface area (TPSA) is 88.0 Å². The van der Waals surface area contributed by atoms with Gasteiger partial charge < -0.3 is 10.2 Å². The van der Waals surface area contributed by atoms with Crippen LogP contribution >= 0.6 is 0 Å². The monoisotopic (exact) mass is 429 g/mol. The maximum Gasteiger partial charge on any atom is 0.323 e. The SMILES string of the molecule is Cn1cc(-c2ccc3nnc(NC(=O)N4CCC(NC(CF)CF)CC4)cc3c2)cn1. The molecule has 0 spiro atoms. The van der Waals surface area contributed by atoms with Crippen molar-refractivity contribution in [2.75, 3.05) is 31.8 Å². The first-order valence-corrected chi connectivity index (χ1v) is 10.3. The van der Waals surface area contributed by atoms with Gasteiger partial charge in [0.1, 0.15) is 13.3 Å². The summed E-state index contributed by atoms with van der Waals surface area (Å²) in [6.07, 6.45) is 5.00. The standard InChI is InChI=1S/C21H25F2N7O/c1-29-13-16(12-24-29)14-2-3-19-15(8-14)9-20(28-27-19)26-21(31)30-6-4-17(5-7-30)25-18(10-22)11-23/h2-3,8-9,12-13,17-18,25H,4-7,10-11H2,1H3,(H,26,28,31). The van der Waals surface area contributed by atoms with Gasteiger partial charge in [0.2, 0.25) is 0 Å². The molecule has 3 aromatic rings. The number of alkyl halides is 2. The van der Waals surface area contributed by atoms with Crippen molar-refractivity contribution >= 4 is 22.8 Å². The zero-order valence-electron chi connectivity index (χ0n) is 17.3. The quantitative estimate of drug-likeness (QED) is 0.629. The molecule has 31 heavy (non-hydrogen) atoms. The number of nitrogens with one attached hydrogen (secondary N) is 2. The zero-order valence-corrected chi connectivity index (χ0v) is 17.3. The molecule has 0 radical (unpaired) electrons. The van der Waals surface area contributed by atoms with Crippen molar-refractivity contribution in [2.24, 2.45) is 7.05 Å². The summed E-state index contributed by atoms with van der Waals surface area (Å²) in [6.45, 7) is -0.470. The molecule has 10 heteroatoms. The first-order chi connectivity index (χ1) is 15.1. The van der Waals surface area contributed by atoms with E-state index in [9.17, 15) is 13.6 Å². The number of aromatic nitrogens is 4. The number of benzene rings is 1. The average Bonchev–Trinajstić information content (AvgIpc) is 3.23. The number of carbonyl (C=O) groups is 1. The third-order valence-electron chi connectivity index (χ3n) is 5.48. The summed E-state index contributed by atoms with van der Waals surface area (Å²) < 4.78 is 27.1. The first-order valence-electron chi connectivity index (χ1n) is 10.3.